The first kappa shape index (κ1) is 27.6. The van der Waals surface area contributed by atoms with Crippen LogP contribution in [0, 0.1) is 11.3 Å². The van der Waals surface area contributed by atoms with Gasteiger partial charge in [-0.25, -0.2) is 4.79 Å². The van der Waals surface area contributed by atoms with Gasteiger partial charge < -0.3 is 19.5 Å². The standard InChI is InChI=1S/C27H33NO7/c1-19(2)15-22(28-26(32)35-18-21-13-9-6-10-14-21)23(29)17-27(24(30)33-3,25(31)34-4)16-20-11-7-5-8-12-20/h5-14,19,22H,15-18H2,1-4H3,(H,28,32)/t22-/m0/s1. The second-order valence-corrected chi connectivity index (χ2v) is 8.76. The van der Waals surface area contributed by atoms with Gasteiger partial charge in [0.15, 0.2) is 11.2 Å². The summed E-state index contributed by atoms with van der Waals surface area (Å²) in [6, 6.07) is 17.0. The highest BCUT2D eigenvalue weighted by atomic mass is 16.6. The number of carbonyl (C=O) groups excluding carboxylic acids is 4. The van der Waals surface area contributed by atoms with E-state index in [1.165, 1.54) is 0 Å². The Balaban J connectivity index is 2.26. The molecule has 0 heterocycles. The van der Waals surface area contributed by atoms with E-state index in [9.17, 15) is 19.2 Å². The number of methoxy groups -OCH3 is 2. The van der Waals surface area contributed by atoms with Crippen molar-refractivity contribution < 1.29 is 33.4 Å². The molecule has 0 unspecified atom stereocenters. The molecule has 0 aliphatic carbocycles. The van der Waals surface area contributed by atoms with Gasteiger partial charge in [-0.3, -0.25) is 14.4 Å². The summed E-state index contributed by atoms with van der Waals surface area (Å²) < 4.78 is 15.1. The van der Waals surface area contributed by atoms with Gasteiger partial charge in [0.25, 0.3) is 0 Å². The van der Waals surface area contributed by atoms with Gasteiger partial charge in [-0.05, 0) is 29.9 Å². The molecule has 0 radical (unpaired) electrons. The van der Waals surface area contributed by atoms with Crippen molar-refractivity contribution in [1.82, 2.24) is 5.32 Å². The molecule has 1 atom stereocenters. The van der Waals surface area contributed by atoms with Gasteiger partial charge in [0, 0.05) is 6.42 Å². The Kier molecular flexibility index (Phi) is 10.5. The van der Waals surface area contributed by atoms with Gasteiger partial charge in [0.05, 0.1) is 20.3 Å². The second-order valence-electron chi connectivity index (χ2n) is 8.76. The second kappa shape index (κ2) is 13.3. The summed E-state index contributed by atoms with van der Waals surface area (Å²) in [5.41, 5.74) is -0.438. The lowest BCUT2D eigenvalue weighted by molar-refractivity contribution is -0.171. The summed E-state index contributed by atoms with van der Waals surface area (Å²) in [7, 11) is 2.31. The molecular weight excluding hydrogens is 450 g/mol. The molecule has 1 N–H and O–H groups in total. The summed E-state index contributed by atoms with van der Waals surface area (Å²) in [6.07, 6.45) is -1.07. The molecule has 1 amide bonds. The summed E-state index contributed by atoms with van der Waals surface area (Å²) in [5, 5.41) is 2.60. The summed E-state index contributed by atoms with van der Waals surface area (Å²) in [4.78, 5) is 51.8. The predicted molar refractivity (Wildman–Crippen MR) is 129 cm³/mol. The fraction of sp³-hybridized carbons (Fsp3) is 0.407. The van der Waals surface area contributed by atoms with Crippen molar-refractivity contribution >= 4 is 23.8 Å². The number of amides is 1. The van der Waals surface area contributed by atoms with Crippen LogP contribution in [0.2, 0.25) is 0 Å². The Morgan fingerprint density at radius 1 is 0.829 bits per heavy atom. The number of hydrogen-bond donors (Lipinski definition) is 1. The third-order valence-corrected chi connectivity index (χ3v) is 5.58. The Morgan fingerprint density at radius 2 is 1.34 bits per heavy atom. The van der Waals surface area contributed by atoms with Gasteiger partial charge in [-0.1, -0.05) is 74.5 Å². The lowest BCUT2D eigenvalue weighted by Crippen LogP contribution is -2.49. The van der Waals surface area contributed by atoms with Crippen molar-refractivity contribution in [2.75, 3.05) is 14.2 Å². The van der Waals surface area contributed by atoms with Gasteiger partial charge in [0.2, 0.25) is 0 Å². The molecule has 8 heteroatoms. The Labute approximate surface area is 205 Å². The number of hydrogen-bond acceptors (Lipinski definition) is 7. The zero-order valence-corrected chi connectivity index (χ0v) is 20.6. The summed E-state index contributed by atoms with van der Waals surface area (Å²) in [6.45, 7) is 3.84. The topological polar surface area (TPSA) is 108 Å². The molecule has 2 aromatic carbocycles. The van der Waals surface area contributed by atoms with E-state index < -0.39 is 41.7 Å². The molecule has 188 valence electrons. The van der Waals surface area contributed by atoms with Gasteiger partial charge in [-0.15, -0.1) is 0 Å². The largest absolute Gasteiger partial charge is 0.468 e. The fourth-order valence-electron chi connectivity index (χ4n) is 3.84. The van der Waals surface area contributed by atoms with Crippen molar-refractivity contribution in [3.8, 4) is 0 Å². The number of alkyl carbamates (subject to hydrolysis) is 1. The SMILES string of the molecule is COC(=O)C(CC(=O)[C@H](CC(C)C)NC(=O)OCc1ccccc1)(Cc1ccccc1)C(=O)OC. The van der Waals surface area contributed by atoms with E-state index >= 15 is 0 Å². The van der Waals surface area contributed by atoms with E-state index in [4.69, 9.17) is 14.2 Å². The fourth-order valence-corrected chi connectivity index (χ4v) is 3.84. The Bertz CT molecular complexity index is 973. The average molecular weight is 484 g/mol. The lowest BCUT2D eigenvalue weighted by atomic mass is 9.75. The normalized spacial score (nSPS) is 11.9. The number of nitrogens with one attached hydrogen (secondary N) is 1. The van der Waals surface area contributed by atoms with Gasteiger partial charge in [0.1, 0.15) is 6.61 Å². The smallest absolute Gasteiger partial charge is 0.408 e. The van der Waals surface area contributed by atoms with Crippen LogP contribution in [0.15, 0.2) is 60.7 Å². The van der Waals surface area contributed by atoms with Crippen LogP contribution in [-0.4, -0.2) is 44.1 Å². The van der Waals surface area contributed by atoms with E-state index in [1.807, 2.05) is 44.2 Å². The van der Waals surface area contributed by atoms with Crippen molar-refractivity contribution in [3.05, 3.63) is 71.8 Å². The molecule has 0 spiro atoms. The maximum atomic E-state index is 13.4. The van der Waals surface area contributed by atoms with Crippen molar-refractivity contribution in [3.63, 3.8) is 0 Å². The first-order valence-corrected chi connectivity index (χ1v) is 11.4. The quantitative estimate of drug-likeness (QED) is 0.277. The molecule has 0 saturated heterocycles. The number of ketones is 1. The molecule has 2 aromatic rings. The molecule has 0 fully saturated rings. The van der Waals surface area contributed by atoms with Crippen LogP contribution in [0.1, 0.15) is 37.8 Å². The molecule has 0 saturated carbocycles. The number of rotatable bonds is 12. The molecule has 0 aromatic heterocycles. The van der Waals surface area contributed by atoms with Gasteiger partial charge in [-0.2, -0.15) is 0 Å². The summed E-state index contributed by atoms with van der Waals surface area (Å²) in [5.74, 6) is -2.21. The van der Waals surface area contributed by atoms with E-state index in [0.717, 1.165) is 19.8 Å². The maximum Gasteiger partial charge on any atom is 0.408 e. The van der Waals surface area contributed by atoms with E-state index in [0.29, 0.717) is 12.0 Å². The van der Waals surface area contributed by atoms with Gasteiger partial charge >= 0.3 is 18.0 Å². The van der Waals surface area contributed by atoms with Crippen molar-refractivity contribution in [1.29, 1.82) is 0 Å². The van der Waals surface area contributed by atoms with Crippen LogP contribution in [0.5, 0.6) is 0 Å². The number of ether oxygens (including phenoxy) is 3. The molecule has 2 rings (SSSR count). The zero-order chi connectivity index (χ0) is 25.8. The predicted octanol–water partition coefficient (Wildman–Crippen LogP) is 3.86. The molecule has 35 heavy (non-hydrogen) atoms. The minimum atomic E-state index is -1.90. The number of benzene rings is 2. The Hall–Kier alpha value is -3.68. The highest BCUT2D eigenvalue weighted by Crippen LogP contribution is 2.32. The monoisotopic (exact) mass is 483 g/mol. The van der Waals surface area contributed by atoms with Crippen LogP contribution < -0.4 is 5.32 Å². The highest BCUT2D eigenvalue weighted by Gasteiger charge is 2.51. The highest BCUT2D eigenvalue weighted by molar-refractivity contribution is 6.05. The minimum absolute atomic E-state index is 0.0392. The van der Waals surface area contributed by atoms with Crippen LogP contribution in [0.25, 0.3) is 0 Å². The average Bonchev–Trinajstić information content (AvgIpc) is 2.86. The number of Topliss-reactive ketones (excluding diaryl/α,β-unsaturated/α-hetero) is 1. The van der Waals surface area contributed by atoms with E-state index in [-0.39, 0.29) is 18.9 Å². The Morgan fingerprint density at radius 3 is 1.83 bits per heavy atom. The first-order valence-electron chi connectivity index (χ1n) is 11.4. The minimum Gasteiger partial charge on any atom is -0.468 e. The third-order valence-electron chi connectivity index (χ3n) is 5.58. The molecule has 0 aliphatic heterocycles. The molecule has 0 bridgehead atoms. The molecule has 0 aliphatic rings. The summed E-state index contributed by atoms with van der Waals surface area (Å²) >= 11 is 0. The first-order chi connectivity index (χ1) is 16.7. The molecule has 8 nitrogen and oxygen atoms in total. The number of esters is 2. The molecular formula is C27H33NO7. The lowest BCUT2D eigenvalue weighted by Gasteiger charge is -2.30. The van der Waals surface area contributed by atoms with E-state index in [2.05, 4.69) is 5.32 Å². The van der Waals surface area contributed by atoms with Crippen LogP contribution in [-0.2, 0) is 41.6 Å². The van der Waals surface area contributed by atoms with Crippen LogP contribution in [0.4, 0.5) is 4.79 Å². The van der Waals surface area contributed by atoms with Crippen molar-refractivity contribution in [2.45, 2.75) is 45.8 Å². The van der Waals surface area contributed by atoms with Crippen LogP contribution in [0.3, 0.4) is 0 Å². The van der Waals surface area contributed by atoms with Crippen LogP contribution >= 0.6 is 0 Å². The van der Waals surface area contributed by atoms with E-state index in [1.54, 1.807) is 30.3 Å². The zero-order valence-electron chi connectivity index (χ0n) is 20.6. The third kappa shape index (κ3) is 7.95. The number of carbonyl (C=O) groups is 4. The van der Waals surface area contributed by atoms with Crippen molar-refractivity contribution in [2.24, 2.45) is 11.3 Å². The maximum absolute atomic E-state index is 13.4.